The van der Waals surface area contributed by atoms with E-state index in [9.17, 15) is 0 Å². The number of unbranched alkanes of at least 4 members (excludes halogenated alkanes) is 1. The van der Waals surface area contributed by atoms with Gasteiger partial charge >= 0.3 is 0 Å². The van der Waals surface area contributed by atoms with Crippen molar-refractivity contribution < 1.29 is 4.74 Å². The van der Waals surface area contributed by atoms with Gasteiger partial charge in [-0.25, -0.2) is 0 Å². The van der Waals surface area contributed by atoms with Gasteiger partial charge in [-0.2, -0.15) is 0 Å². The lowest BCUT2D eigenvalue weighted by atomic mass is 10.00. The molecule has 66 valence electrons. The highest BCUT2D eigenvalue weighted by molar-refractivity contribution is 4.87. The normalized spacial score (nSPS) is 31.9. The van der Waals surface area contributed by atoms with Crippen LogP contribution in [-0.4, -0.2) is 30.8 Å². The molecule has 0 spiro atoms. The molecule has 1 saturated heterocycles. The third-order valence-electron chi connectivity index (χ3n) is 2.74. The van der Waals surface area contributed by atoms with Crippen LogP contribution in [-0.2, 0) is 4.74 Å². The second-order valence-corrected chi connectivity index (χ2v) is 3.47. The van der Waals surface area contributed by atoms with Crippen LogP contribution < -0.4 is 0 Å². The van der Waals surface area contributed by atoms with Gasteiger partial charge in [-0.05, 0) is 13.3 Å². The van der Waals surface area contributed by atoms with Crippen LogP contribution >= 0.6 is 0 Å². The molecular formula is C9H19NO. The molecule has 0 amide bonds. The van der Waals surface area contributed by atoms with E-state index in [-0.39, 0.29) is 5.72 Å². The number of likely N-dealkylation sites (tertiary alicyclic amines) is 1. The van der Waals surface area contributed by atoms with Gasteiger partial charge in [0.15, 0.2) is 0 Å². The van der Waals surface area contributed by atoms with Crippen molar-refractivity contribution in [3.05, 3.63) is 0 Å². The topological polar surface area (TPSA) is 12.5 Å². The predicted molar refractivity (Wildman–Crippen MR) is 46.5 cm³/mol. The quantitative estimate of drug-likeness (QED) is 0.617. The van der Waals surface area contributed by atoms with E-state index in [1.54, 1.807) is 7.11 Å². The molecule has 1 fully saturated rings. The van der Waals surface area contributed by atoms with Crippen molar-refractivity contribution in [1.29, 1.82) is 0 Å². The van der Waals surface area contributed by atoms with Crippen LogP contribution in [0.25, 0.3) is 0 Å². The Hall–Kier alpha value is -0.0800. The first-order valence-corrected chi connectivity index (χ1v) is 4.53. The SMILES string of the molecule is CCCCN1CCC1(C)OC. The highest BCUT2D eigenvalue weighted by Gasteiger charge is 2.39. The van der Waals surface area contributed by atoms with Crippen LogP contribution in [0.4, 0.5) is 0 Å². The Balaban J connectivity index is 2.25. The molecule has 0 N–H and O–H groups in total. The predicted octanol–water partition coefficient (Wildman–Crippen LogP) is 1.85. The molecule has 2 heteroatoms. The van der Waals surface area contributed by atoms with E-state index in [1.807, 2.05) is 0 Å². The number of hydrogen-bond donors (Lipinski definition) is 0. The number of nitrogens with zero attached hydrogens (tertiary/aromatic N) is 1. The van der Waals surface area contributed by atoms with Gasteiger partial charge in [-0.1, -0.05) is 13.3 Å². The van der Waals surface area contributed by atoms with Gasteiger partial charge in [0, 0.05) is 26.6 Å². The summed E-state index contributed by atoms with van der Waals surface area (Å²) in [6.07, 6.45) is 3.75. The largest absolute Gasteiger partial charge is 0.364 e. The zero-order valence-electron chi connectivity index (χ0n) is 7.89. The molecule has 1 atom stereocenters. The van der Waals surface area contributed by atoms with Crippen LogP contribution in [0.15, 0.2) is 0 Å². The Labute approximate surface area is 69.5 Å². The van der Waals surface area contributed by atoms with Crippen molar-refractivity contribution in [1.82, 2.24) is 4.90 Å². The first-order chi connectivity index (χ1) is 5.23. The van der Waals surface area contributed by atoms with Crippen molar-refractivity contribution in [2.24, 2.45) is 0 Å². The summed E-state index contributed by atoms with van der Waals surface area (Å²) in [4.78, 5) is 2.41. The van der Waals surface area contributed by atoms with Gasteiger partial charge < -0.3 is 4.74 Å². The molecule has 0 aromatic carbocycles. The summed E-state index contributed by atoms with van der Waals surface area (Å²) >= 11 is 0. The van der Waals surface area contributed by atoms with E-state index in [4.69, 9.17) is 4.74 Å². The number of hydrogen-bond acceptors (Lipinski definition) is 2. The fourth-order valence-electron chi connectivity index (χ4n) is 1.51. The summed E-state index contributed by atoms with van der Waals surface area (Å²) in [5.74, 6) is 0. The lowest BCUT2D eigenvalue weighted by molar-refractivity contribution is -0.189. The van der Waals surface area contributed by atoms with Gasteiger partial charge in [0.05, 0.1) is 0 Å². The van der Waals surface area contributed by atoms with E-state index in [2.05, 4.69) is 18.7 Å². The molecule has 0 saturated carbocycles. The highest BCUT2D eigenvalue weighted by Crippen LogP contribution is 2.30. The number of methoxy groups -OCH3 is 1. The van der Waals surface area contributed by atoms with Crippen LogP contribution in [0.2, 0.25) is 0 Å². The second-order valence-electron chi connectivity index (χ2n) is 3.47. The summed E-state index contributed by atoms with van der Waals surface area (Å²) < 4.78 is 5.41. The van der Waals surface area contributed by atoms with E-state index >= 15 is 0 Å². The molecule has 0 aromatic rings. The molecule has 1 aliphatic heterocycles. The van der Waals surface area contributed by atoms with Crippen LogP contribution in [0.1, 0.15) is 33.1 Å². The summed E-state index contributed by atoms with van der Waals surface area (Å²) in [6.45, 7) is 6.81. The molecular weight excluding hydrogens is 138 g/mol. The van der Waals surface area contributed by atoms with E-state index in [0.717, 1.165) is 0 Å². The van der Waals surface area contributed by atoms with Gasteiger partial charge in [-0.15, -0.1) is 0 Å². The van der Waals surface area contributed by atoms with Gasteiger partial charge in [0.2, 0.25) is 0 Å². The summed E-state index contributed by atoms with van der Waals surface area (Å²) in [5.41, 5.74) is 0.0647. The summed E-state index contributed by atoms with van der Waals surface area (Å²) in [7, 11) is 1.80. The van der Waals surface area contributed by atoms with Gasteiger partial charge in [0.25, 0.3) is 0 Å². The maximum absolute atomic E-state index is 5.41. The van der Waals surface area contributed by atoms with Crippen LogP contribution in [0, 0.1) is 0 Å². The molecule has 1 unspecified atom stereocenters. The molecule has 1 rings (SSSR count). The molecule has 1 aliphatic rings. The monoisotopic (exact) mass is 157 g/mol. The van der Waals surface area contributed by atoms with Crippen molar-refractivity contribution >= 4 is 0 Å². The van der Waals surface area contributed by atoms with Gasteiger partial charge in [0.1, 0.15) is 5.72 Å². The first kappa shape index (κ1) is 9.01. The minimum Gasteiger partial charge on any atom is -0.364 e. The highest BCUT2D eigenvalue weighted by atomic mass is 16.5. The molecule has 0 radical (unpaired) electrons. The number of ether oxygens (including phenoxy) is 1. The third-order valence-corrected chi connectivity index (χ3v) is 2.74. The summed E-state index contributed by atoms with van der Waals surface area (Å²) in [6, 6.07) is 0. The first-order valence-electron chi connectivity index (χ1n) is 4.53. The molecule has 2 nitrogen and oxygen atoms in total. The van der Waals surface area contributed by atoms with Gasteiger partial charge in [-0.3, -0.25) is 4.90 Å². The Bertz CT molecular complexity index is 123. The summed E-state index contributed by atoms with van der Waals surface area (Å²) in [5, 5.41) is 0. The fraction of sp³-hybridized carbons (Fsp3) is 1.00. The Kier molecular flexibility index (Phi) is 2.90. The molecule has 1 heterocycles. The maximum Gasteiger partial charge on any atom is 0.119 e. The van der Waals surface area contributed by atoms with E-state index < -0.39 is 0 Å². The molecule has 0 bridgehead atoms. The zero-order chi connectivity index (χ0) is 8.32. The minimum absolute atomic E-state index is 0.0647. The smallest absolute Gasteiger partial charge is 0.119 e. The van der Waals surface area contributed by atoms with Crippen LogP contribution in [0.5, 0.6) is 0 Å². The third kappa shape index (κ3) is 1.74. The second kappa shape index (κ2) is 3.55. The Morgan fingerprint density at radius 2 is 2.27 bits per heavy atom. The van der Waals surface area contributed by atoms with Crippen molar-refractivity contribution in [3.63, 3.8) is 0 Å². The average molecular weight is 157 g/mol. The standard InChI is InChI=1S/C9H19NO/c1-4-5-7-10-8-6-9(10,2)11-3/h4-8H2,1-3H3. The van der Waals surface area contributed by atoms with Crippen molar-refractivity contribution in [2.45, 2.75) is 38.8 Å². The Morgan fingerprint density at radius 3 is 2.64 bits per heavy atom. The molecule has 11 heavy (non-hydrogen) atoms. The lowest BCUT2D eigenvalue weighted by Gasteiger charge is -2.49. The van der Waals surface area contributed by atoms with Crippen LogP contribution in [0.3, 0.4) is 0 Å². The van der Waals surface area contributed by atoms with Crippen molar-refractivity contribution in [2.75, 3.05) is 20.2 Å². The molecule has 0 aliphatic carbocycles. The molecule has 0 aromatic heterocycles. The number of rotatable bonds is 4. The van der Waals surface area contributed by atoms with Crippen molar-refractivity contribution in [3.8, 4) is 0 Å². The van der Waals surface area contributed by atoms with E-state index in [1.165, 1.54) is 32.4 Å². The average Bonchev–Trinajstić information content (AvgIpc) is 2.02. The Morgan fingerprint density at radius 1 is 1.55 bits per heavy atom. The maximum atomic E-state index is 5.41. The minimum atomic E-state index is 0.0647. The fourth-order valence-corrected chi connectivity index (χ4v) is 1.51. The van der Waals surface area contributed by atoms with E-state index in [0.29, 0.717) is 0 Å². The lowest BCUT2D eigenvalue weighted by Crippen LogP contribution is -2.59. The zero-order valence-corrected chi connectivity index (χ0v) is 7.89.